The summed E-state index contributed by atoms with van der Waals surface area (Å²) in [6.07, 6.45) is 0. The lowest BCUT2D eigenvalue weighted by molar-refractivity contribution is -0.123. The molecule has 4 heteroatoms. The van der Waals surface area contributed by atoms with Crippen LogP contribution in [-0.2, 0) is 4.79 Å². The molecule has 0 bridgehead atoms. The Hall–Kier alpha value is -1.55. The van der Waals surface area contributed by atoms with Gasteiger partial charge in [-0.15, -0.1) is 0 Å². The predicted octanol–water partition coefficient (Wildman–Crippen LogP) is 2.53. The van der Waals surface area contributed by atoms with Crippen molar-refractivity contribution in [1.29, 1.82) is 0 Å². The Morgan fingerprint density at radius 3 is 2.29 bits per heavy atom. The highest BCUT2D eigenvalue weighted by Gasteiger charge is 2.14. The summed E-state index contributed by atoms with van der Waals surface area (Å²) >= 11 is 0. The third-order valence-electron chi connectivity index (χ3n) is 2.86. The lowest BCUT2D eigenvalue weighted by Gasteiger charge is -2.23. The Morgan fingerprint density at radius 2 is 1.76 bits per heavy atom. The highest BCUT2D eigenvalue weighted by atomic mass is 16.5. The van der Waals surface area contributed by atoms with Gasteiger partial charge in [0, 0.05) is 12.1 Å². The number of carbonyl (C=O) groups excluding carboxylic acids is 1. The van der Waals surface area contributed by atoms with Gasteiger partial charge in [-0.2, -0.15) is 0 Å². The van der Waals surface area contributed by atoms with Crippen LogP contribution in [0.25, 0.3) is 0 Å². The van der Waals surface area contributed by atoms with Gasteiger partial charge < -0.3 is 10.1 Å². The Kier molecular flexibility index (Phi) is 6.21. The smallest absolute Gasteiger partial charge is 0.234 e. The molecule has 1 amide bonds. The third kappa shape index (κ3) is 7.71. The number of hydrogen-bond acceptors (Lipinski definition) is 3. The van der Waals surface area contributed by atoms with Crippen molar-refractivity contribution in [2.24, 2.45) is 0 Å². The molecular formula is C17H28N2O2. The van der Waals surface area contributed by atoms with E-state index in [2.05, 4.69) is 25.2 Å². The number of aryl methyl sites for hydroxylation is 2. The zero-order valence-corrected chi connectivity index (χ0v) is 14.1. The largest absolute Gasteiger partial charge is 0.492 e. The summed E-state index contributed by atoms with van der Waals surface area (Å²) < 4.78 is 5.75. The maximum atomic E-state index is 11.8. The van der Waals surface area contributed by atoms with Crippen molar-refractivity contribution in [2.45, 2.75) is 40.2 Å². The fourth-order valence-corrected chi connectivity index (χ4v) is 2.12. The number of ether oxygens (including phenoxy) is 1. The van der Waals surface area contributed by atoms with E-state index in [1.807, 2.05) is 44.9 Å². The molecule has 0 unspecified atom stereocenters. The summed E-state index contributed by atoms with van der Waals surface area (Å²) in [5, 5.41) is 2.95. The van der Waals surface area contributed by atoms with Crippen molar-refractivity contribution in [3.05, 3.63) is 29.3 Å². The summed E-state index contributed by atoms with van der Waals surface area (Å²) in [4.78, 5) is 13.8. The molecule has 0 atom stereocenters. The van der Waals surface area contributed by atoms with Crippen LogP contribution < -0.4 is 10.1 Å². The molecule has 0 spiro atoms. The first kappa shape index (κ1) is 17.5. The molecule has 0 radical (unpaired) electrons. The van der Waals surface area contributed by atoms with Crippen LogP contribution in [0.2, 0.25) is 0 Å². The fraction of sp³-hybridized carbons (Fsp3) is 0.588. The Bertz CT molecular complexity index is 458. The number of nitrogens with one attached hydrogen (secondary N) is 1. The minimum atomic E-state index is -0.187. The topological polar surface area (TPSA) is 41.6 Å². The SMILES string of the molecule is Cc1cc(C)cc(OCCN(C)CC(=O)NC(C)(C)C)c1. The first-order valence-corrected chi connectivity index (χ1v) is 7.36. The monoisotopic (exact) mass is 292 g/mol. The number of amides is 1. The normalized spacial score (nSPS) is 11.6. The Morgan fingerprint density at radius 1 is 1.19 bits per heavy atom. The van der Waals surface area contributed by atoms with E-state index in [9.17, 15) is 4.79 Å². The van der Waals surface area contributed by atoms with Gasteiger partial charge in [0.2, 0.25) is 5.91 Å². The molecule has 0 heterocycles. The van der Waals surface area contributed by atoms with Crippen LogP contribution in [0.15, 0.2) is 18.2 Å². The van der Waals surface area contributed by atoms with Crippen molar-refractivity contribution < 1.29 is 9.53 Å². The standard InChI is InChI=1S/C17H28N2O2/c1-13-9-14(2)11-15(10-13)21-8-7-19(6)12-16(20)18-17(3,4)5/h9-11H,7-8,12H2,1-6H3,(H,18,20). The summed E-state index contributed by atoms with van der Waals surface area (Å²) in [6, 6.07) is 6.18. The molecular weight excluding hydrogens is 264 g/mol. The van der Waals surface area contributed by atoms with Crippen LogP contribution >= 0.6 is 0 Å². The molecule has 1 aromatic rings. The summed E-state index contributed by atoms with van der Waals surface area (Å²) in [7, 11) is 1.92. The van der Waals surface area contributed by atoms with E-state index in [-0.39, 0.29) is 11.4 Å². The van der Waals surface area contributed by atoms with E-state index in [1.54, 1.807) is 0 Å². The van der Waals surface area contributed by atoms with Crippen molar-refractivity contribution in [3.8, 4) is 5.75 Å². The molecule has 118 valence electrons. The Balaban J connectivity index is 2.33. The fourth-order valence-electron chi connectivity index (χ4n) is 2.12. The molecule has 1 rings (SSSR count). The van der Waals surface area contributed by atoms with Gasteiger partial charge in [0.05, 0.1) is 6.54 Å². The maximum absolute atomic E-state index is 11.8. The molecule has 1 N–H and O–H groups in total. The highest BCUT2D eigenvalue weighted by Crippen LogP contribution is 2.15. The molecule has 0 aliphatic rings. The van der Waals surface area contributed by atoms with Gasteiger partial charge in [-0.05, 0) is 64.9 Å². The van der Waals surface area contributed by atoms with Gasteiger partial charge in [0.1, 0.15) is 12.4 Å². The third-order valence-corrected chi connectivity index (χ3v) is 2.86. The zero-order valence-electron chi connectivity index (χ0n) is 14.1. The number of rotatable bonds is 6. The van der Waals surface area contributed by atoms with Gasteiger partial charge in [-0.25, -0.2) is 0 Å². The van der Waals surface area contributed by atoms with Gasteiger partial charge in [0.15, 0.2) is 0 Å². The van der Waals surface area contributed by atoms with Crippen LogP contribution in [0, 0.1) is 13.8 Å². The molecule has 1 aromatic carbocycles. The number of benzene rings is 1. The molecule has 0 saturated heterocycles. The van der Waals surface area contributed by atoms with E-state index in [0.717, 1.165) is 5.75 Å². The molecule has 0 saturated carbocycles. The lowest BCUT2D eigenvalue weighted by Crippen LogP contribution is -2.45. The first-order valence-electron chi connectivity index (χ1n) is 7.36. The first-order chi connectivity index (χ1) is 9.65. The number of likely N-dealkylation sites (N-methyl/N-ethyl adjacent to an activating group) is 1. The number of hydrogen-bond donors (Lipinski definition) is 1. The Labute approximate surface area is 128 Å². The summed E-state index contributed by atoms with van der Waals surface area (Å²) in [5.74, 6) is 0.927. The van der Waals surface area contributed by atoms with Gasteiger partial charge in [-0.3, -0.25) is 9.69 Å². The lowest BCUT2D eigenvalue weighted by atomic mass is 10.1. The van der Waals surface area contributed by atoms with Gasteiger partial charge >= 0.3 is 0 Å². The van der Waals surface area contributed by atoms with Crippen LogP contribution in [0.1, 0.15) is 31.9 Å². The van der Waals surface area contributed by atoms with Crippen LogP contribution in [0.4, 0.5) is 0 Å². The van der Waals surface area contributed by atoms with Gasteiger partial charge in [-0.1, -0.05) is 6.07 Å². The second-order valence-corrected chi connectivity index (χ2v) is 6.71. The van der Waals surface area contributed by atoms with Crippen LogP contribution in [0.5, 0.6) is 5.75 Å². The molecule has 21 heavy (non-hydrogen) atoms. The van der Waals surface area contributed by atoms with Crippen molar-refractivity contribution in [3.63, 3.8) is 0 Å². The predicted molar refractivity (Wildman–Crippen MR) is 86.8 cm³/mol. The molecule has 0 aliphatic heterocycles. The van der Waals surface area contributed by atoms with E-state index in [1.165, 1.54) is 11.1 Å². The minimum Gasteiger partial charge on any atom is -0.492 e. The maximum Gasteiger partial charge on any atom is 0.234 e. The van der Waals surface area contributed by atoms with Crippen molar-refractivity contribution in [2.75, 3.05) is 26.7 Å². The number of carbonyl (C=O) groups is 1. The second-order valence-electron chi connectivity index (χ2n) is 6.71. The summed E-state index contributed by atoms with van der Waals surface area (Å²) in [6.45, 7) is 11.7. The molecule has 0 fully saturated rings. The van der Waals surface area contributed by atoms with E-state index in [0.29, 0.717) is 19.7 Å². The second kappa shape index (κ2) is 7.46. The average Bonchev–Trinajstić information content (AvgIpc) is 2.24. The zero-order chi connectivity index (χ0) is 16.0. The minimum absolute atomic E-state index is 0.0383. The van der Waals surface area contributed by atoms with Crippen LogP contribution in [-0.4, -0.2) is 43.1 Å². The highest BCUT2D eigenvalue weighted by molar-refractivity contribution is 5.78. The average molecular weight is 292 g/mol. The van der Waals surface area contributed by atoms with Gasteiger partial charge in [0.25, 0.3) is 0 Å². The number of nitrogens with zero attached hydrogens (tertiary/aromatic N) is 1. The molecule has 0 aliphatic carbocycles. The van der Waals surface area contributed by atoms with Crippen molar-refractivity contribution in [1.82, 2.24) is 10.2 Å². The van der Waals surface area contributed by atoms with Crippen LogP contribution in [0.3, 0.4) is 0 Å². The van der Waals surface area contributed by atoms with E-state index in [4.69, 9.17) is 4.74 Å². The molecule has 4 nitrogen and oxygen atoms in total. The van der Waals surface area contributed by atoms with E-state index < -0.39 is 0 Å². The van der Waals surface area contributed by atoms with Crippen molar-refractivity contribution >= 4 is 5.91 Å². The van der Waals surface area contributed by atoms with E-state index >= 15 is 0 Å². The summed E-state index contributed by atoms with van der Waals surface area (Å²) in [5.41, 5.74) is 2.21. The molecule has 0 aromatic heterocycles. The quantitative estimate of drug-likeness (QED) is 0.876.